The van der Waals surface area contributed by atoms with E-state index < -0.39 is 0 Å². The van der Waals surface area contributed by atoms with Crippen LogP contribution in [0, 0.1) is 0 Å². The predicted molar refractivity (Wildman–Crippen MR) is 133 cm³/mol. The van der Waals surface area contributed by atoms with Crippen molar-refractivity contribution in [3.8, 4) is 11.5 Å². The van der Waals surface area contributed by atoms with E-state index in [9.17, 15) is 0 Å². The molecular formula is C27H33N3O3. The van der Waals surface area contributed by atoms with Gasteiger partial charge in [0, 0.05) is 31.5 Å². The van der Waals surface area contributed by atoms with E-state index in [2.05, 4.69) is 39.9 Å². The molecule has 0 bridgehead atoms. The van der Waals surface area contributed by atoms with Crippen LogP contribution in [0.1, 0.15) is 43.7 Å². The molecule has 1 aromatic heterocycles. The monoisotopic (exact) mass is 447 g/mol. The van der Waals surface area contributed by atoms with Gasteiger partial charge >= 0.3 is 0 Å². The molecule has 0 saturated carbocycles. The lowest BCUT2D eigenvalue weighted by atomic mass is 9.91. The molecule has 6 nitrogen and oxygen atoms in total. The van der Waals surface area contributed by atoms with Crippen LogP contribution in [0.2, 0.25) is 0 Å². The van der Waals surface area contributed by atoms with Gasteiger partial charge in [-0.3, -0.25) is 0 Å². The SMILES string of the molecule is CC.c1ccc2c(c1)OCCO2.c1cnc2c(c1)CNc1cc(C3CCOCC3)ccc1N2. The van der Waals surface area contributed by atoms with Gasteiger partial charge in [-0.15, -0.1) is 0 Å². The number of hydrogen-bond donors (Lipinski definition) is 2. The first kappa shape index (κ1) is 22.9. The van der Waals surface area contributed by atoms with Crippen LogP contribution in [0.15, 0.2) is 60.8 Å². The number of hydrogen-bond acceptors (Lipinski definition) is 6. The minimum absolute atomic E-state index is 0.620. The molecule has 0 aliphatic carbocycles. The molecule has 6 heteroatoms. The third kappa shape index (κ3) is 5.76. The summed E-state index contributed by atoms with van der Waals surface area (Å²) in [6.07, 6.45) is 4.06. The number of benzene rings is 2. The quantitative estimate of drug-likeness (QED) is 0.468. The van der Waals surface area contributed by atoms with Crippen LogP contribution >= 0.6 is 0 Å². The maximum absolute atomic E-state index is 5.46. The molecule has 1 saturated heterocycles. The number of ether oxygens (including phenoxy) is 3. The van der Waals surface area contributed by atoms with Crippen molar-refractivity contribution >= 4 is 17.2 Å². The Balaban J connectivity index is 0.000000181. The summed E-state index contributed by atoms with van der Waals surface area (Å²) in [4.78, 5) is 4.42. The fourth-order valence-electron chi connectivity index (χ4n) is 4.11. The number of nitrogens with one attached hydrogen (secondary N) is 2. The number of rotatable bonds is 1. The number of fused-ring (bicyclic) bond motifs is 3. The Labute approximate surface area is 196 Å². The third-order valence-electron chi connectivity index (χ3n) is 5.80. The van der Waals surface area contributed by atoms with Gasteiger partial charge < -0.3 is 24.8 Å². The molecule has 174 valence electrons. The number of nitrogens with zero attached hydrogens (tertiary/aromatic N) is 1. The molecule has 33 heavy (non-hydrogen) atoms. The van der Waals surface area contributed by atoms with E-state index in [4.69, 9.17) is 14.2 Å². The summed E-state index contributed by atoms with van der Waals surface area (Å²) >= 11 is 0. The van der Waals surface area contributed by atoms with Gasteiger partial charge in [0.2, 0.25) is 0 Å². The Morgan fingerprint density at radius 1 is 0.818 bits per heavy atom. The summed E-state index contributed by atoms with van der Waals surface area (Å²) < 4.78 is 16.1. The largest absolute Gasteiger partial charge is 0.486 e. The van der Waals surface area contributed by atoms with Gasteiger partial charge in [-0.25, -0.2) is 4.98 Å². The van der Waals surface area contributed by atoms with Crippen LogP contribution in [-0.4, -0.2) is 31.4 Å². The van der Waals surface area contributed by atoms with Crippen LogP contribution in [0.5, 0.6) is 11.5 Å². The highest BCUT2D eigenvalue weighted by Gasteiger charge is 2.19. The van der Waals surface area contributed by atoms with E-state index in [1.54, 1.807) is 0 Å². The summed E-state index contributed by atoms with van der Waals surface area (Å²) in [6, 6.07) is 18.5. The van der Waals surface area contributed by atoms with Crippen molar-refractivity contribution in [2.75, 3.05) is 37.1 Å². The van der Waals surface area contributed by atoms with Crippen molar-refractivity contribution in [3.63, 3.8) is 0 Å². The predicted octanol–water partition coefficient (Wildman–Crippen LogP) is 6.13. The topological polar surface area (TPSA) is 64.6 Å². The van der Waals surface area contributed by atoms with Crippen molar-refractivity contribution in [2.24, 2.45) is 0 Å². The van der Waals surface area contributed by atoms with Crippen LogP contribution in [0.3, 0.4) is 0 Å². The third-order valence-corrected chi connectivity index (χ3v) is 5.80. The second-order valence-electron chi connectivity index (χ2n) is 7.83. The Morgan fingerprint density at radius 3 is 2.27 bits per heavy atom. The molecule has 1 fully saturated rings. The first-order chi connectivity index (χ1) is 16.4. The molecule has 3 aromatic rings. The van der Waals surface area contributed by atoms with Crippen LogP contribution < -0.4 is 20.1 Å². The van der Waals surface area contributed by atoms with E-state index >= 15 is 0 Å². The first-order valence-corrected chi connectivity index (χ1v) is 11.9. The highest BCUT2D eigenvalue weighted by Crippen LogP contribution is 2.35. The molecule has 0 spiro atoms. The minimum Gasteiger partial charge on any atom is -0.486 e. The van der Waals surface area contributed by atoms with Gasteiger partial charge in [-0.2, -0.15) is 0 Å². The first-order valence-electron chi connectivity index (χ1n) is 11.9. The lowest BCUT2D eigenvalue weighted by molar-refractivity contribution is 0.0853. The molecule has 3 aliphatic heterocycles. The summed E-state index contributed by atoms with van der Waals surface area (Å²) in [6.45, 7) is 7.89. The van der Waals surface area contributed by atoms with E-state index in [1.807, 2.05) is 50.4 Å². The standard InChI is InChI=1S/C17H19N3O.C8H8O2.C2H6/c1-2-14-11-19-16-10-13(12-5-8-21-9-6-12)3-4-15(16)20-17(14)18-7-1;1-2-4-8-7(3-1)9-5-6-10-8;1-2/h1-4,7,10,12,19H,5-6,8-9,11H2,(H,18,20);1-4H,5-6H2;1-2H3. The minimum atomic E-state index is 0.620. The highest BCUT2D eigenvalue weighted by molar-refractivity contribution is 5.77. The molecule has 2 aromatic carbocycles. The Bertz CT molecular complexity index is 1010. The number of aromatic nitrogens is 1. The molecule has 0 atom stereocenters. The summed E-state index contributed by atoms with van der Waals surface area (Å²) in [5, 5.41) is 6.96. The van der Waals surface area contributed by atoms with Crippen molar-refractivity contribution in [2.45, 2.75) is 39.2 Å². The summed E-state index contributed by atoms with van der Waals surface area (Å²) in [7, 11) is 0. The van der Waals surface area contributed by atoms with Crippen molar-refractivity contribution in [1.29, 1.82) is 0 Å². The molecule has 0 unspecified atom stereocenters. The Kier molecular flexibility index (Phi) is 8.04. The van der Waals surface area contributed by atoms with Gasteiger partial charge in [0.25, 0.3) is 0 Å². The normalized spacial score (nSPS) is 16.1. The van der Waals surface area contributed by atoms with Gasteiger partial charge in [-0.1, -0.05) is 38.1 Å². The van der Waals surface area contributed by atoms with Crippen LogP contribution in [0.25, 0.3) is 0 Å². The Morgan fingerprint density at radius 2 is 1.55 bits per heavy atom. The second kappa shape index (κ2) is 11.6. The zero-order chi connectivity index (χ0) is 22.9. The molecule has 3 aliphatic rings. The van der Waals surface area contributed by atoms with Gasteiger partial charge in [0.1, 0.15) is 19.0 Å². The lowest BCUT2D eigenvalue weighted by Crippen LogP contribution is -2.14. The average Bonchev–Trinajstić information content (AvgIpc) is 3.10. The fourth-order valence-corrected chi connectivity index (χ4v) is 4.11. The zero-order valence-corrected chi connectivity index (χ0v) is 19.5. The maximum Gasteiger partial charge on any atom is 0.161 e. The van der Waals surface area contributed by atoms with Gasteiger partial charge in [-0.05, 0) is 54.7 Å². The van der Waals surface area contributed by atoms with Crippen LogP contribution in [0.4, 0.5) is 17.2 Å². The molecule has 0 amide bonds. The van der Waals surface area contributed by atoms with Gasteiger partial charge in [0.15, 0.2) is 11.5 Å². The Hall–Kier alpha value is -3.25. The fraction of sp³-hybridized carbons (Fsp3) is 0.370. The van der Waals surface area contributed by atoms with E-state index in [-0.39, 0.29) is 0 Å². The van der Waals surface area contributed by atoms with Crippen LogP contribution in [-0.2, 0) is 11.3 Å². The van der Waals surface area contributed by atoms with Gasteiger partial charge in [0.05, 0.1) is 11.4 Å². The van der Waals surface area contributed by atoms with E-state index in [1.165, 1.54) is 11.1 Å². The van der Waals surface area contributed by atoms with Crippen molar-refractivity contribution in [1.82, 2.24) is 4.98 Å². The van der Waals surface area contributed by atoms with E-state index in [0.717, 1.165) is 61.3 Å². The number of anilines is 3. The molecule has 0 radical (unpaired) electrons. The molecular weight excluding hydrogens is 414 g/mol. The second-order valence-corrected chi connectivity index (χ2v) is 7.83. The number of pyridine rings is 1. The van der Waals surface area contributed by atoms with Crippen molar-refractivity contribution < 1.29 is 14.2 Å². The van der Waals surface area contributed by atoms with Crippen molar-refractivity contribution in [3.05, 3.63) is 71.9 Å². The maximum atomic E-state index is 5.46. The summed E-state index contributed by atoms with van der Waals surface area (Å²) in [5.41, 5.74) is 4.87. The zero-order valence-electron chi connectivity index (χ0n) is 19.5. The lowest BCUT2D eigenvalue weighted by Gasteiger charge is -2.23. The smallest absolute Gasteiger partial charge is 0.161 e. The molecule has 4 heterocycles. The molecule has 2 N–H and O–H groups in total. The molecule has 6 rings (SSSR count). The highest BCUT2D eigenvalue weighted by atomic mass is 16.6. The number of para-hydroxylation sites is 2. The summed E-state index contributed by atoms with van der Waals surface area (Å²) in [5.74, 6) is 3.28. The average molecular weight is 448 g/mol. The van der Waals surface area contributed by atoms with E-state index in [0.29, 0.717) is 19.1 Å².